The molecule has 31 heavy (non-hydrogen) atoms. The highest BCUT2D eigenvalue weighted by Gasteiger charge is 2.18. The smallest absolute Gasteiger partial charge is 0.270 e. The summed E-state index contributed by atoms with van der Waals surface area (Å²) in [6.07, 6.45) is 1.69. The van der Waals surface area contributed by atoms with Gasteiger partial charge in [0.15, 0.2) is 0 Å². The number of rotatable bonds is 6. The molecule has 158 valence electrons. The molecule has 0 radical (unpaired) electrons. The van der Waals surface area contributed by atoms with Gasteiger partial charge in [0.05, 0.1) is 11.0 Å². The highest BCUT2D eigenvalue weighted by Crippen LogP contribution is 2.25. The third-order valence-electron chi connectivity index (χ3n) is 5.42. The summed E-state index contributed by atoms with van der Waals surface area (Å²) in [5.41, 5.74) is 6.37. The van der Waals surface area contributed by atoms with Crippen molar-refractivity contribution in [2.75, 3.05) is 0 Å². The first-order valence-corrected chi connectivity index (χ1v) is 10.2. The fraction of sp³-hybridized carbons (Fsp3) is 0.192. The summed E-state index contributed by atoms with van der Waals surface area (Å²) >= 11 is 0. The van der Waals surface area contributed by atoms with Gasteiger partial charge in [-0.25, -0.2) is 0 Å². The number of nitrogens with one attached hydrogen (secondary N) is 1. The molecule has 0 bridgehead atoms. The van der Waals surface area contributed by atoms with Crippen LogP contribution in [-0.2, 0) is 4.79 Å². The summed E-state index contributed by atoms with van der Waals surface area (Å²) in [4.78, 5) is 24.0. The summed E-state index contributed by atoms with van der Waals surface area (Å²) in [5, 5.41) is 14.2. The van der Waals surface area contributed by atoms with Gasteiger partial charge in [-0.1, -0.05) is 54.6 Å². The fourth-order valence-electron chi connectivity index (χ4n) is 3.59. The van der Waals surface area contributed by atoms with Gasteiger partial charge in [0.2, 0.25) is 0 Å². The number of amides is 1. The van der Waals surface area contributed by atoms with Crippen LogP contribution in [0.3, 0.4) is 0 Å². The van der Waals surface area contributed by atoms with Crippen LogP contribution in [0.15, 0.2) is 66.7 Å². The minimum atomic E-state index is -0.440. The Morgan fingerprint density at radius 2 is 1.61 bits per heavy atom. The molecule has 1 unspecified atom stereocenters. The number of nitrogens with zero attached hydrogens (tertiary/aromatic N) is 1. The van der Waals surface area contributed by atoms with E-state index in [0.29, 0.717) is 11.1 Å². The molecule has 0 fully saturated rings. The van der Waals surface area contributed by atoms with Crippen LogP contribution in [-0.4, -0.2) is 10.8 Å². The molecule has 0 aromatic heterocycles. The van der Waals surface area contributed by atoms with E-state index in [1.165, 1.54) is 23.3 Å². The average Bonchev–Trinajstić information content (AvgIpc) is 2.75. The second-order valence-corrected chi connectivity index (χ2v) is 7.76. The van der Waals surface area contributed by atoms with Crippen molar-refractivity contribution in [1.29, 1.82) is 0 Å². The normalized spacial score (nSPS) is 12.3. The lowest BCUT2D eigenvalue weighted by Crippen LogP contribution is -2.28. The number of hydrogen-bond acceptors (Lipinski definition) is 3. The Kier molecular flexibility index (Phi) is 6.65. The Bertz CT molecular complexity index is 1150. The Morgan fingerprint density at radius 3 is 2.29 bits per heavy atom. The van der Waals surface area contributed by atoms with Gasteiger partial charge in [-0.3, -0.25) is 14.9 Å². The monoisotopic (exact) mass is 414 g/mol. The lowest BCUT2D eigenvalue weighted by molar-refractivity contribution is -0.384. The molecule has 0 spiro atoms. The van der Waals surface area contributed by atoms with Crippen LogP contribution >= 0.6 is 0 Å². The first-order valence-electron chi connectivity index (χ1n) is 10.2. The maximum Gasteiger partial charge on any atom is 0.270 e. The van der Waals surface area contributed by atoms with Crippen molar-refractivity contribution >= 4 is 23.2 Å². The molecule has 3 aromatic rings. The van der Waals surface area contributed by atoms with Crippen molar-refractivity contribution < 1.29 is 9.72 Å². The number of aryl methyl sites for hydroxylation is 3. The van der Waals surface area contributed by atoms with Gasteiger partial charge in [-0.05, 0) is 67.2 Å². The second-order valence-electron chi connectivity index (χ2n) is 7.76. The largest absolute Gasteiger partial charge is 0.345 e. The summed E-state index contributed by atoms with van der Waals surface area (Å²) in [5.74, 6) is -0.233. The Balaban J connectivity index is 1.97. The molecular weight excluding hydrogens is 388 g/mol. The van der Waals surface area contributed by atoms with E-state index < -0.39 is 4.92 Å². The van der Waals surface area contributed by atoms with Gasteiger partial charge < -0.3 is 5.32 Å². The standard InChI is InChI=1S/C26H26N2O3/c1-17-13-19(3)24(14-18(17)2)20(4)27-26(29)25(22-10-6-5-7-11-22)16-21-9-8-12-23(15-21)28(30)31/h5-16,20H,1-4H3,(H,27,29)/b25-16+. The zero-order valence-corrected chi connectivity index (χ0v) is 18.2. The third-order valence-corrected chi connectivity index (χ3v) is 5.42. The van der Waals surface area contributed by atoms with Gasteiger partial charge in [0.1, 0.15) is 0 Å². The van der Waals surface area contributed by atoms with Gasteiger partial charge in [-0.2, -0.15) is 0 Å². The Hall–Kier alpha value is -3.73. The number of carbonyl (C=O) groups is 1. The molecule has 0 heterocycles. The SMILES string of the molecule is Cc1cc(C)c(C(C)NC(=O)/C(=C/c2cccc([N+](=O)[O-])c2)c2ccccc2)cc1C. The molecule has 3 aromatic carbocycles. The number of benzene rings is 3. The molecule has 0 saturated carbocycles. The van der Waals surface area contributed by atoms with Crippen molar-refractivity contribution in [3.05, 3.63) is 110 Å². The second kappa shape index (κ2) is 9.39. The number of non-ortho nitro benzene ring substituents is 1. The Morgan fingerprint density at radius 1 is 0.935 bits per heavy atom. The van der Waals surface area contributed by atoms with Crippen LogP contribution in [0, 0.1) is 30.9 Å². The molecule has 1 amide bonds. The van der Waals surface area contributed by atoms with Gasteiger partial charge >= 0.3 is 0 Å². The maximum atomic E-state index is 13.3. The minimum absolute atomic E-state index is 0.0132. The lowest BCUT2D eigenvalue weighted by atomic mass is 9.95. The molecule has 1 N–H and O–H groups in total. The number of carbonyl (C=O) groups excluding carboxylic acids is 1. The first-order chi connectivity index (χ1) is 14.8. The lowest BCUT2D eigenvalue weighted by Gasteiger charge is -2.19. The van der Waals surface area contributed by atoms with Crippen LogP contribution in [0.2, 0.25) is 0 Å². The molecule has 5 heteroatoms. The summed E-state index contributed by atoms with van der Waals surface area (Å²) in [6, 6.07) is 19.6. The first kappa shape index (κ1) is 22.0. The zero-order valence-electron chi connectivity index (χ0n) is 18.2. The molecule has 0 aliphatic heterocycles. The van der Waals surface area contributed by atoms with Crippen molar-refractivity contribution in [2.24, 2.45) is 0 Å². The predicted molar refractivity (Wildman–Crippen MR) is 125 cm³/mol. The van der Waals surface area contributed by atoms with Crippen LogP contribution in [0.5, 0.6) is 0 Å². The van der Waals surface area contributed by atoms with E-state index in [0.717, 1.165) is 16.7 Å². The van der Waals surface area contributed by atoms with Crippen molar-refractivity contribution in [3.63, 3.8) is 0 Å². The quantitative estimate of drug-likeness (QED) is 0.235. The summed E-state index contributed by atoms with van der Waals surface area (Å²) in [7, 11) is 0. The number of hydrogen-bond donors (Lipinski definition) is 1. The van der Waals surface area contributed by atoms with E-state index >= 15 is 0 Å². The molecular formula is C26H26N2O3. The van der Waals surface area contributed by atoms with Gasteiger partial charge in [0.25, 0.3) is 11.6 Å². The maximum absolute atomic E-state index is 13.3. The van der Waals surface area contributed by atoms with E-state index in [2.05, 4.69) is 31.3 Å². The van der Waals surface area contributed by atoms with Crippen LogP contribution in [0.1, 0.15) is 46.3 Å². The molecule has 5 nitrogen and oxygen atoms in total. The Labute approximate surface area is 182 Å². The van der Waals surface area contributed by atoms with E-state index in [1.54, 1.807) is 18.2 Å². The summed E-state index contributed by atoms with van der Waals surface area (Å²) in [6.45, 7) is 8.14. The fourth-order valence-corrected chi connectivity index (χ4v) is 3.59. The molecule has 0 aliphatic rings. The van der Waals surface area contributed by atoms with Crippen molar-refractivity contribution in [2.45, 2.75) is 33.7 Å². The average molecular weight is 415 g/mol. The molecule has 1 atom stereocenters. The topological polar surface area (TPSA) is 72.2 Å². The van der Waals surface area contributed by atoms with Crippen LogP contribution < -0.4 is 5.32 Å². The number of nitro benzene ring substituents is 1. The van der Waals surface area contributed by atoms with Crippen molar-refractivity contribution in [1.82, 2.24) is 5.32 Å². The van der Waals surface area contributed by atoms with Gasteiger partial charge in [0, 0.05) is 17.7 Å². The van der Waals surface area contributed by atoms with Crippen molar-refractivity contribution in [3.8, 4) is 0 Å². The van der Waals surface area contributed by atoms with E-state index in [9.17, 15) is 14.9 Å². The van der Waals surface area contributed by atoms with E-state index in [1.807, 2.05) is 44.2 Å². The third kappa shape index (κ3) is 5.25. The zero-order chi connectivity index (χ0) is 22.5. The number of nitro groups is 1. The summed E-state index contributed by atoms with van der Waals surface area (Å²) < 4.78 is 0. The highest BCUT2D eigenvalue weighted by molar-refractivity contribution is 6.24. The molecule has 0 aliphatic carbocycles. The minimum Gasteiger partial charge on any atom is -0.345 e. The molecule has 0 saturated heterocycles. The molecule has 3 rings (SSSR count). The van der Waals surface area contributed by atoms with E-state index in [-0.39, 0.29) is 17.6 Å². The van der Waals surface area contributed by atoms with Gasteiger partial charge in [-0.15, -0.1) is 0 Å². The van der Waals surface area contributed by atoms with E-state index in [4.69, 9.17) is 0 Å². The van der Waals surface area contributed by atoms with Crippen LogP contribution in [0.25, 0.3) is 11.6 Å². The van der Waals surface area contributed by atoms with Crippen LogP contribution in [0.4, 0.5) is 5.69 Å². The highest BCUT2D eigenvalue weighted by atomic mass is 16.6. The predicted octanol–water partition coefficient (Wildman–Crippen LogP) is 5.94.